The van der Waals surface area contributed by atoms with Crippen molar-refractivity contribution < 1.29 is 9.53 Å². The molecule has 0 spiro atoms. The number of likely N-dealkylation sites (tertiary alicyclic amines) is 1. The highest BCUT2D eigenvalue weighted by Gasteiger charge is 2.27. The molecule has 0 saturated carbocycles. The summed E-state index contributed by atoms with van der Waals surface area (Å²) in [5, 5.41) is 0. The molecule has 1 aromatic carbocycles. The Bertz CT molecular complexity index is 628. The Morgan fingerprint density at radius 3 is 2.86 bits per heavy atom. The van der Waals surface area contributed by atoms with E-state index >= 15 is 0 Å². The minimum absolute atomic E-state index is 0.0745. The Balaban J connectivity index is 1.72. The van der Waals surface area contributed by atoms with Gasteiger partial charge in [-0.3, -0.25) is 9.78 Å². The monoisotopic (exact) mass is 282 g/mol. The van der Waals surface area contributed by atoms with Crippen LogP contribution in [0.1, 0.15) is 28.3 Å². The van der Waals surface area contributed by atoms with E-state index in [1.54, 1.807) is 13.2 Å². The van der Waals surface area contributed by atoms with Crippen molar-refractivity contribution in [1.82, 2.24) is 9.88 Å². The van der Waals surface area contributed by atoms with Gasteiger partial charge in [0.05, 0.1) is 7.11 Å². The van der Waals surface area contributed by atoms with E-state index in [-0.39, 0.29) is 5.91 Å². The van der Waals surface area contributed by atoms with Crippen LogP contribution in [-0.2, 0) is 0 Å². The zero-order chi connectivity index (χ0) is 14.7. The maximum Gasteiger partial charge on any atom is 0.254 e. The smallest absolute Gasteiger partial charge is 0.254 e. The van der Waals surface area contributed by atoms with Gasteiger partial charge in [0.1, 0.15) is 5.75 Å². The summed E-state index contributed by atoms with van der Waals surface area (Å²) in [4.78, 5) is 18.5. The van der Waals surface area contributed by atoms with Crippen LogP contribution in [0.2, 0.25) is 0 Å². The Labute approximate surface area is 124 Å². The molecule has 1 aliphatic heterocycles. The first-order valence-electron chi connectivity index (χ1n) is 7.11. The van der Waals surface area contributed by atoms with Crippen molar-refractivity contribution in [3.8, 4) is 5.75 Å². The van der Waals surface area contributed by atoms with Crippen LogP contribution in [0.5, 0.6) is 5.75 Å². The molecule has 2 heterocycles. The summed E-state index contributed by atoms with van der Waals surface area (Å²) in [6, 6.07) is 11.4. The fourth-order valence-corrected chi connectivity index (χ4v) is 2.79. The van der Waals surface area contributed by atoms with Crippen LogP contribution in [0.15, 0.2) is 48.8 Å². The van der Waals surface area contributed by atoms with Crippen molar-refractivity contribution in [2.24, 2.45) is 0 Å². The second kappa shape index (κ2) is 5.95. The molecule has 108 valence electrons. The van der Waals surface area contributed by atoms with Gasteiger partial charge in [0.25, 0.3) is 5.91 Å². The van der Waals surface area contributed by atoms with Gasteiger partial charge < -0.3 is 9.64 Å². The molecule has 21 heavy (non-hydrogen) atoms. The van der Waals surface area contributed by atoms with Crippen LogP contribution in [0.25, 0.3) is 0 Å². The molecule has 2 aromatic rings. The van der Waals surface area contributed by atoms with E-state index in [4.69, 9.17) is 4.74 Å². The average Bonchev–Trinajstić information content (AvgIpc) is 3.05. The predicted molar refractivity (Wildman–Crippen MR) is 80.5 cm³/mol. The Morgan fingerprint density at radius 1 is 1.29 bits per heavy atom. The predicted octanol–water partition coefficient (Wildman–Crippen LogP) is 2.72. The number of rotatable bonds is 3. The fourth-order valence-electron chi connectivity index (χ4n) is 2.79. The molecule has 1 amide bonds. The highest BCUT2D eigenvalue weighted by atomic mass is 16.5. The lowest BCUT2D eigenvalue weighted by molar-refractivity contribution is 0.0790. The zero-order valence-electron chi connectivity index (χ0n) is 12.0. The molecule has 1 atom stereocenters. The number of methoxy groups -OCH3 is 1. The van der Waals surface area contributed by atoms with Crippen molar-refractivity contribution >= 4 is 5.91 Å². The summed E-state index contributed by atoms with van der Waals surface area (Å²) >= 11 is 0. The SMILES string of the molecule is COc1cccc(C(=O)N2CC[C@@H](c3ccncc3)C2)c1. The molecular weight excluding hydrogens is 264 g/mol. The quantitative estimate of drug-likeness (QED) is 0.869. The summed E-state index contributed by atoms with van der Waals surface area (Å²) in [6.07, 6.45) is 4.61. The van der Waals surface area contributed by atoms with Gasteiger partial charge in [0.15, 0.2) is 0 Å². The molecule has 4 heteroatoms. The molecule has 1 aromatic heterocycles. The maximum absolute atomic E-state index is 12.5. The highest BCUT2D eigenvalue weighted by molar-refractivity contribution is 5.94. The number of amides is 1. The second-order valence-electron chi connectivity index (χ2n) is 5.25. The topological polar surface area (TPSA) is 42.4 Å². The number of hydrogen-bond acceptors (Lipinski definition) is 3. The van der Waals surface area contributed by atoms with Crippen molar-refractivity contribution in [2.75, 3.05) is 20.2 Å². The molecule has 0 bridgehead atoms. The third-order valence-electron chi connectivity index (χ3n) is 3.97. The first-order chi connectivity index (χ1) is 10.3. The van der Waals surface area contributed by atoms with Gasteiger partial charge in [0.2, 0.25) is 0 Å². The molecule has 0 unspecified atom stereocenters. The van der Waals surface area contributed by atoms with Crippen LogP contribution >= 0.6 is 0 Å². The zero-order valence-corrected chi connectivity index (χ0v) is 12.0. The summed E-state index contributed by atoms with van der Waals surface area (Å²) in [5.74, 6) is 1.19. The van der Waals surface area contributed by atoms with Crippen LogP contribution in [0.4, 0.5) is 0 Å². The molecule has 0 radical (unpaired) electrons. The standard InChI is InChI=1S/C17H18N2O2/c1-21-16-4-2-3-14(11-16)17(20)19-10-7-15(12-19)13-5-8-18-9-6-13/h2-6,8-9,11,15H,7,10,12H2,1H3/t15-/m1/s1. The summed E-state index contributed by atoms with van der Waals surface area (Å²) in [5.41, 5.74) is 1.94. The van der Waals surface area contributed by atoms with Crippen LogP contribution in [0.3, 0.4) is 0 Å². The number of hydrogen-bond donors (Lipinski definition) is 0. The van der Waals surface area contributed by atoms with E-state index in [9.17, 15) is 4.79 Å². The molecule has 1 saturated heterocycles. The number of pyridine rings is 1. The molecule has 0 aliphatic carbocycles. The Morgan fingerprint density at radius 2 is 2.10 bits per heavy atom. The number of aromatic nitrogens is 1. The van der Waals surface area contributed by atoms with E-state index in [2.05, 4.69) is 4.98 Å². The summed E-state index contributed by atoms with van der Waals surface area (Å²) < 4.78 is 5.18. The third kappa shape index (κ3) is 2.89. The van der Waals surface area contributed by atoms with E-state index in [1.165, 1.54) is 5.56 Å². The van der Waals surface area contributed by atoms with Gasteiger partial charge in [-0.25, -0.2) is 0 Å². The minimum Gasteiger partial charge on any atom is -0.497 e. The van der Waals surface area contributed by atoms with Crippen molar-refractivity contribution in [2.45, 2.75) is 12.3 Å². The van der Waals surface area contributed by atoms with Crippen LogP contribution in [-0.4, -0.2) is 36.0 Å². The first-order valence-corrected chi connectivity index (χ1v) is 7.11. The first kappa shape index (κ1) is 13.6. The maximum atomic E-state index is 12.5. The van der Waals surface area contributed by atoms with Gasteiger partial charge in [-0.15, -0.1) is 0 Å². The third-order valence-corrected chi connectivity index (χ3v) is 3.97. The highest BCUT2D eigenvalue weighted by Crippen LogP contribution is 2.28. The molecule has 1 aliphatic rings. The second-order valence-corrected chi connectivity index (χ2v) is 5.25. The number of carbonyl (C=O) groups excluding carboxylic acids is 1. The van der Waals surface area contributed by atoms with Crippen LogP contribution < -0.4 is 4.74 Å². The van der Waals surface area contributed by atoms with E-state index in [1.807, 2.05) is 47.6 Å². The van der Waals surface area contributed by atoms with Gasteiger partial charge in [-0.05, 0) is 42.3 Å². The van der Waals surface area contributed by atoms with Crippen molar-refractivity contribution in [3.63, 3.8) is 0 Å². The largest absolute Gasteiger partial charge is 0.497 e. The van der Waals surface area contributed by atoms with Gasteiger partial charge in [-0.1, -0.05) is 6.07 Å². The van der Waals surface area contributed by atoms with Gasteiger partial charge >= 0.3 is 0 Å². The van der Waals surface area contributed by atoms with Crippen molar-refractivity contribution in [1.29, 1.82) is 0 Å². The lowest BCUT2D eigenvalue weighted by Gasteiger charge is -2.17. The molecule has 3 rings (SSSR count). The normalized spacial score (nSPS) is 17.8. The van der Waals surface area contributed by atoms with Crippen LogP contribution in [0, 0.1) is 0 Å². The minimum atomic E-state index is 0.0745. The van der Waals surface area contributed by atoms with E-state index in [0.29, 0.717) is 17.2 Å². The van der Waals surface area contributed by atoms with Gasteiger partial charge in [0, 0.05) is 37.0 Å². The number of carbonyl (C=O) groups is 1. The lowest BCUT2D eigenvalue weighted by Crippen LogP contribution is -2.28. The number of ether oxygens (including phenoxy) is 1. The number of benzene rings is 1. The van der Waals surface area contributed by atoms with Crippen molar-refractivity contribution in [3.05, 3.63) is 59.9 Å². The lowest BCUT2D eigenvalue weighted by atomic mass is 10.00. The van der Waals surface area contributed by atoms with Gasteiger partial charge in [-0.2, -0.15) is 0 Å². The number of nitrogens with zero attached hydrogens (tertiary/aromatic N) is 2. The molecular formula is C17H18N2O2. The summed E-state index contributed by atoms with van der Waals surface area (Å²) in [6.45, 7) is 1.56. The van der Waals surface area contributed by atoms with E-state index < -0.39 is 0 Å². The molecule has 4 nitrogen and oxygen atoms in total. The molecule has 1 fully saturated rings. The summed E-state index contributed by atoms with van der Waals surface area (Å²) in [7, 11) is 1.61. The average molecular weight is 282 g/mol. The molecule has 0 N–H and O–H groups in total. The Kier molecular flexibility index (Phi) is 3.86. The Hall–Kier alpha value is -2.36. The van der Waals surface area contributed by atoms with E-state index in [0.717, 1.165) is 19.5 Å². The fraction of sp³-hybridized carbons (Fsp3) is 0.294.